The zero-order valence-electron chi connectivity index (χ0n) is 17.9. The van der Waals surface area contributed by atoms with Gasteiger partial charge in [-0.05, 0) is 51.8 Å². The first-order valence-corrected chi connectivity index (χ1v) is 10.2. The number of halogens is 1. The summed E-state index contributed by atoms with van der Waals surface area (Å²) in [6.07, 6.45) is 1.02. The van der Waals surface area contributed by atoms with Gasteiger partial charge in [-0.3, -0.25) is 9.69 Å². The van der Waals surface area contributed by atoms with E-state index in [4.69, 9.17) is 0 Å². The molecule has 1 unspecified atom stereocenters. The number of likely N-dealkylation sites (tertiary alicyclic amines) is 1. The molecule has 3 amide bonds. The number of hydrogen-bond acceptors (Lipinski definition) is 4. The van der Waals surface area contributed by atoms with E-state index in [0.29, 0.717) is 17.3 Å². The lowest BCUT2D eigenvalue weighted by atomic mass is 10.1. The van der Waals surface area contributed by atoms with Crippen LogP contribution in [0.4, 0.5) is 10.5 Å². The van der Waals surface area contributed by atoms with Gasteiger partial charge in [-0.2, -0.15) is 0 Å². The Hall–Kier alpha value is -1.83. The van der Waals surface area contributed by atoms with Gasteiger partial charge >= 0.3 is 6.03 Å². The molecule has 29 heavy (non-hydrogen) atoms. The normalized spacial score (nSPS) is 20.1. The summed E-state index contributed by atoms with van der Waals surface area (Å²) in [5.74, 6) is 0.0388. The number of anilines is 1. The molecule has 3 rings (SSSR count). The van der Waals surface area contributed by atoms with Crippen LogP contribution in [0.1, 0.15) is 43.1 Å². The Morgan fingerprint density at radius 3 is 2.48 bits per heavy atom. The van der Waals surface area contributed by atoms with E-state index < -0.39 is 0 Å². The number of nitrogens with zero attached hydrogens (tertiary/aromatic N) is 2. The summed E-state index contributed by atoms with van der Waals surface area (Å²) in [5.41, 5.74) is 1.91. The Labute approximate surface area is 180 Å². The van der Waals surface area contributed by atoms with Crippen LogP contribution >= 0.6 is 12.4 Å². The van der Waals surface area contributed by atoms with E-state index in [2.05, 4.69) is 20.9 Å². The van der Waals surface area contributed by atoms with Crippen molar-refractivity contribution in [1.82, 2.24) is 20.4 Å². The van der Waals surface area contributed by atoms with Crippen molar-refractivity contribution in [2.45, 2.75) is 45.7 Å². The molecule has 1 aromatic carbocycles. The molecule has 7 nitrogen and oxygen atoms in total. The number of nitrogens with one attached hydrogen (secondary N) is 3. The largest absolute Gasteiger partial charge is 0.337 e. The first kappa shape index (κ1) is 23.4. The van der Waals surface area contributed by atoms with Gasteiger partial charge < -0.3 is 20.9 Å². The number of aryl methyl sites for hydroxylation is 1. The second-order valence-corrected chi connectivity index (χ2v) is 8.84. The number of amides is 3. The zero-order chi connectivity index (χ0) is 20.3. The number of hydrogen-bond donors (Lipinski definition) is 3. The van der Waals surface area contributed by atoms with Crippen molar-refractivity contribution in [3.05, 3.63) is 29.3 Å². The summed E-state index contributed by atoms with van der Waals surface area (Å²) in [6, 6.07) is 5.72. The van der Waals surface area contributed by atoms with Crippen LogP contribution in [0.15, 0.2) is 18.2 Å². The highest BCUT2D eigenvalue weighted by Gasteiger charge is 2.31. The van der Waals surface area contributed by atoms with Crippen molar-refractivity contribution in [3.8, 4) is 0 Å². The fourth-order valence-corrected chi connectivity index (χ4v) is 3.84. The summed E-state index contributed by atoms with van der Waals surface area (Å²) in [7, 11) is 0. The number of carbonyl (C=O) groups is 2. The maximum Gasteiger partial charge on any atom is 0.319 e. The van der Waals surface area contributed by atoms with Gasteiger partial charge in [0.25, 0.3) is 5.91 Å². The molecular weight excluding hydrogens is 390 g/mol. The molecule has 1 atom stereocenters. The second kappa shape index (κ2) is 9.78. The van der Waals surface area contributed by atoms with E-state index in [1.165, 1.54) is 0 Å². The fraction of sp³-hybridized carbons (Fsp3) is 0.619. The van der Waals surface area contributed by atoms with Crippen LogP contribution in [0.2, 0.25) is 0 Å². The highest BCUT2D eigenvalue weighted by Crippen LogP contribution is 2.22. The summed E-state index contributed by atoms with van der Waals surface area (Å²) < 4.78 is 0. The summed E-state index contributed by atoms with van der Waals surface area (Å²) >= 11 is 0. The first-order valence-electron chi connectivity index (χ1n) is 10.2. The van der Waals surface area contributed by atoms with Gasteiger partial charge in [-0.15, -0.1) is 12.4 Å². The summed E-state index contributed by atoms with van der Waals surface area (Å²) in [6.45, 7) is 13.4. The topological polar surface area (TPSA) is 76.7 Å². The predicted octanol–water partition coefficient (Wildman–Crippen LogP) is 2.46. The van der Waals surface area contributed by atoms with E-state index in [1.54, 1.807) is 6.07 Å². The highest BCUT2D eigenvalue weighted by molar-refractivity contribution is 5.97. The van der Waals surface area contributed by atoms with Crippen molar-refractivity contribution in [3.63, 3.8) is 0 Å². The van der Waals surface area contributed by atoms with E-state index in [1.807, 2.05) is 44.7 Å². The van der Waals surface area contributed by atoms with Crippen molar-refractivity contribution >= 4 is 30.0 Å². The van der Waals surface area contributed by atoms with Crippen LogP contribution in [-0.2, 0) is 0 Å². The summed E-state index contributed by atoms with van der Waals surface area (Å²) in [5, 5.41) is 9.14. The van der Waals surface area contributed by atoms with Gasteiger partial charge in [0.05, 0.1) is 0 Å². The van der Waals surface area contributed by atoms with Crippen molar-refractivity contribution in [2.24, 2.45) is 0 Å². The Kier molecular flexibility index (Phi) is 7.91. The second-order valence-electron chi connectivity index (χ2n) is 8.84. The van der Waals surface area contributed by atoms with E-state index in [-0.39, 0.29) is 29.9 Å². The Morgan fingerprint density at radius 2 is 1.83 bits per heavy atom. The van der Waals surface area contributed by atoms with Crippen molar-refractivity contribution < 1.29 is 9.59 Å². The Bertz CT molecular complexity index is 728. The molecule has 2 aliphatic rings. The average Bonchev–Trinajstić information content (AvgIpc) is 3.12. The molecule has 0 aliphatic carbocycles. The molecule has 0 radical (unpaired) electrons. The molecule has 0 spiro atoms. The molecule has 0 saturated carbocycles. The smallest absolute Gasteiger partial charge is 0.319 e. The average molecular weight is 424 g/mol. The minimum absolute atomic E-state index is 0. The molecule has 0 bridgehead atoms. The van der Waals surface area contributed by atoms with Gasteiger partial charge in [0.2, 0.25) is 0 Å². The third-order valence-electron chi connectivity index (χ3n) is 5.34. The molecular formula is C21H34ClN5O2. The molecule has 162 valence electrons. The van der Waals surface area contributed by atoms with Crippen LogP contribution in [0.3, 0.4) is 0 Å². The van der Waals surface area contributed by atoms with Gasteiger partial charge in [0, 0.05) is 62.1 Å². The zero-order valence-corrected chi connectivity index (χ0v) is 18.7. The minimum Gasteiger partial charge on any atom is -0.337 e. The van der Waals surface area contributed by atoms with Gasteiger partial charge in [0.15, 0.2) is 0 Å². The third-order valence-corrected chi connectivity index (χ3v) is 5.34. The maximum atomic E-state index is 13.0. The van der Waals surface area contributed by atoms with Crippen LogP contribution < -0.4 is 16.0 Å². The predicted molar refractivity (Wildman–Crippen MR) is 119 cm³/mol. The number of rotatable bonds is 3. The molecule has 2 aliphatic heterocycles. The lowest BCUT2D eigenvalue weighted by Crippen LogP contribution is -2.49. The van der Waals surface area contributed by atoms with Gasteiger partial charge in [-0.1, -0.05) is 6.07 Å². The van der Waals surface area contributed by atoms with Gasteiger partial charge in [0.1, 0.15) is 0 Å². The minimum atomic E-state index is -0.319. The lowest BCUT2D eigenvalue weighted by Gasteiger charge is -2.32. The number of carbonyl (C=O) groups excluding carboxylic acids is 2. The monoisotopic (exact) mass is 423 g/mol. The number of urea groups is 1. The lowest BCUT2D eigenvalue weighted by molar-refractivity contribution is 0.0773. The van der Waals surface area contributed by atoms with Crippen LogP contribution in [-0.4, -0.2) is 72.6 Å². The van der Waals surface area contributed by atoms with Gasteiger partial charge in [-0.25, -0.2) is 4.79 Å². The third kappa shape index (κ3) is 6.32. The Balaban J connectivity index is 0.00000300. The molecule has 8 heteroatoms. The molecule has 3 N–H and O–H groups in total. The molecule has 2 heterocycles. The standard InChI is InChI=1S/C21H33N5O2.ClH/c1-15-5-6-16(13-18(15)23-20(28)24-21(2,3)4)19(27)26-10-7-17(14-26)25-11-8-22-9-12-25;/h5-6,13,17,22H,7-12,14H2,1-4H3,(H2,23,24,28);1H. The molecule has 2 saturated heterocycles. The fourth-order valence-electron chi connectivity index (χ4n) is 3.84. The van der Waals surface area contributed by atoms with Crippen LogP contribution in [0.5, 0.6) is 0 Å². The number of piperazine rings is 1. The SMILES string of the molecule is Cc1ccc(C(=O)N2CCC(N3CCNCC3)C2)cc1NC(=O)NC(C)(C)C.Cl. The molecule has 0 aromatic heterocycles. The van der Waals surface area contributed by atoms with E-state index >= 15 is 0 Å². The molecule has 2 fully saturated rings. The van der Waals surface area contributed by atoms with Crippen molar-refractivity contribution in [1.29, 1.82) is 0 Å². The number of benzene rings is 1. The molecule has 1 aromatic rings. The quantitative estimate of drug-likeness (QED) is 0.698. The summed E-state index contributed by atoms with van der Waals surface area (Å²) in [4.78, 5) is 29.7. The van der Waals surface area contributed by atoms with Crippen LogP contribution in [0, 0.1) is 6.92 Å². The highest BCUT2D eigenvalue weighted by atomic mass is 35.5. The first-order chi connectivity index (χ1) is 13.2. The maximum absolute atomic E-state index is 13.0. The Morgan fingerprint density at radius 1 is 1.14 bits per heavy atom. The van der Waals surface area contributed by atoms with E-state index in [9.17, 15) is 9.59 Å². The van der Waals surface area contributed by atoms with Crippen LogP contribution in [0.25, 0.3) is 0 Å². The van der Waals surface area contributed by atoms with Crippen molar-refractivity contribution in [2.75, 3.05) is 44.6 Å². The van der Waals surface area contributed by atoms with E-state index in [0.717, 1.165) is 51.3 Å².